The molecule has 24 heavy (non-hydrogen) atoms. The van der Waals surface area contributed by atoms with Gasteiger partial charge in [0.1, 0.15) is 17.1 Å². The first-order valence-electron chi connectivity index (χ1n) is 7.96. The van der Waals surface area contributed by atoms with Crippen molar-refractivity contribution in [1.29, 1.82) is 0 Å². The monoisotopic (exact) mass is 331 g/mol. The lowest BCUT2D eigenvalue weighted by molar-refractivity contribution is 0.0694. The number of anilines is 1. The Hall–Kier alpha value is -2.76. The third kappa shape index (κ3) is 4.16. The summed E-state index contributed by atoms with van der Waals surface area (Å²) in [4.78, 5) is 23.5. The molecule has 128 valence electrons. The Balaban J connectivity index is 2.16. The molecule has 0 aliphatic rings. The number of rotatable bonds is 8. The fraction of sp³-hybridized carbons (Fsp3) is 0.333. The SMILES string of the molecule is CCCCOc1ccccc1NC(=O)c1cc(C(=O)O)c(CC)o1. The van der Waals surface area contributed by atoms with Crippen molar-refractivity contribution in [2.75, 3.05) is 11.9 Å². The summed E-state index contributed by atoms with van der Waals surface area (Å²) in [5, 5.41) is 11.8. The van der Waals surface area contributed by atoms with Crippen molar-refractivity contribution < 1.29 is 23.8 Å². The van der Waals surface area contributed by atoms with Crippen molar-refractivity contribution in [1.82, 2.24) is 0 Å². The van der Waals surface area contributed by atoms with E-state index in [1.807, 2.05) is 6.07 Å². The number of para-hydroxylation sites is 2. The van der Waals surface area contributed by atoms with Gasteiger partial charge in [-0.2, -0.15) is 0 Å². The van der Waals surface area contributed by atoms with Crippen molar-refractivity contribution in [3.63, 3.8) is 0 Å². The van der Waals surface area contributed by atoms with E-state index in [1.54, 1.807) is 25.1 Å². The van der Waals surface area contributed by atoms with E-state index in [-0.39, 0.29) is 17.1 Å². The Morgan fingerprint density at radius 3 is 2.62 bits per heavy atom. The predicted octanol–water partition coefficient (Wildman–Crippen LogP) is 3.97. The van der Waals surface area contributed by atoms with Crippen molar-refractivity contribution in [3.8, 4) is 5.75 Å². The summed E-state index contributed by atoms with van der Waals surface area (Å²) in [6.07, 6.45) is 2.33. The lowest BCUT2D eigenvalue weighted by Gasteiger charge is -2.11. The second-order valence-electron chi connectivity index (χ2n) is 5.26. The van der Waals surface area contributed by atoms with Gasteiger partial charge in [-0.15, -0.1) is 0 Å². The molecule has 0 spiro atoms. The molecule has 2 rings (SSSR count). The molecule has 0 aliphatic heterocycles. The summed E-state index contributed by atoms with van der Waals surface area (Å²) in [7, 11) is 0. The number of ether oxygens (including phenoxy) is 1. The number of amides is 1. The predicted molar refractivity (Wildman–Crippen MR) is 89.8 cm³/mol. The van der Waals surface area contributed by atoms with Crippen molar-refractivity contribution in [2.45, 2.75) is 33.1 Å². The topological polar surface area (TPSA) is 88.8 Å². The summed E-state index contributed by atoms with van der Waals surface area (Å²) < 4.78 is 11.0. The fourth-order valence-electron chi connectivity index (χ4n) is 2.19. The third-order valence-corrected chi connectivity index (χ3v) is 3.48. The molecule has 2 N–H and O–H groups in total. The van der Waals surface area contributed by atoms with Gasteiger partial charge in [0.25, 0.3) is 5.91 Å². The van der Waals surface area contributed by atoms with Gasteiger partial charge in [0.05, 0.1) is 12.3 Å². The van der Waals surface area contributed by atoms with E-state index in [9.17, 15) is 9.59 Å². The summed E-state index contributed by atoms with van der Waals surface area (Å²) in [5.74, 6) is -0.811. The highest BCUT2D eigenvalue weighted by Crippen LogP contribution is 2.25. The van der Waals surface area contributed by atoms with Gasteiger partial charge in [-0.3, -0.25) is 4.79 Å². The van der Waals surface area contributed by atoms with E-state index in [2.05, 4.69) is 12.2 Å². The van der Waals surface area contributed by atoms with Gasteiger partial charge in [0, 0.05) is 12.5 Å². The zero-order valence-electron chi connectivity index (χ0n) is 13.8. The number of carboxylic acid groups (broad SMARTS) is 1. The highest BCUT2D eigenvalue weighted by Gasteiger charge is 2.20. The number of aryl methyl sites for hydroxylation is 1. The zero-order chi connectivity index (χ0) is 17.5. The Morgan fingerprint density at radius 2 is 2.00 bits per heavy atom. The lowest BCUT2D eigenvalue weighted by Crippen LogP contribution is -2.12. The fourth-order valence-corrected chi connectivity index (χ4v) is 2.19. The lowest BCUT2D eigenvalue weighted by atomic mass is 10.2. The summed E-state index contributed by atoms with van der Waals surface area (Å²) in [6.45, 7) is 4.40. The van der Waals surface area contributed by atoms with Crippen LogP contribution in [0.2, 0.25) is 0 Å². The molecule has 6 nitrogen and oxygen atoms in total. The molecule has 0 saturated carbocycles. The van der Waals surface area contributed by atoms with Crippen LogP contribution in [0.4, 0.5) is 5.69 Å². The Labute approximate surface area is 140 Å². The standard InChI is InChI=1S/C18H21NO5/c1-3-5-10-23-15-9-7-6-8-13(15)19-17(20)16-11-12(18(21)22)14(4-2)24-16/h6-9,11H,3-5,10H2,1-2H3,(H,19,20)(H,21,22). The zero-order valence-corrected chi connectivity index (χ0v) is 13.8. The molecule has 0 radical (unpaired) electrons. The van der Waals surface area contributed by atoms with Crippen LogP contribution in [0.3, 0.4) is 0 Å². The van der Waals surface area contributed by atoms with Crippen molar-refractivity contribution in [2.24, 2.45) is 0 Å². The summed E-state index contributed by atoms with van der Waals surface area (Å²) in [6, 6.07) is 8.34. The number of aromatic carboxylic acids is 1. The van der Waals surface area contributed by atoms with Gasteiger partial charge in [-0.1, -0.05) is 32.4 Å². The first-order valence-corrected chi connectivity index (χ1v) is 7.96. The highest BCUT2D eigenvalue weighted by atomic mass is 16.5. The molecule has 0 aliphatic carbocycles. The quantitative estimate of drug-likeness (QED) is 0.714. The molecule has 0 saturated heterocycles. The molecule has 0 bridgehead atoms. The molecule has 0 atom stereocenters. The molecular formula is C18H21NO5. The first-order chi connectivity index (χ1) is 11.6. The van der Waals surface area contributed by atoms with Gasteiger partial charge >= 0.3 is 5.97 Å². The molecule has 0 unspecified atom stereocenters. The molecule has 1 aromatic heterocycles. The van der Waals surface area contributed by atoms with Crippen LogP contribution in [-0.2, 0) is 6.42 Å². The van der Waals surface area contributed by atoms with E-state index in [1.165, 1.54) is 6.07 Å². The first kappa shape index (κ1) is 17.6. The van der Waals surface area contributed by atoms with E-state index in [4.69, 9.17) is 14.3 Å². The van der Waals surface area contributed by atoms with Crippen LogP contribution >= 0.6 is 0 Å². The summed E-state index contributed by atoms with van der Waals surface area (Å²) in [5.41, 5.74) is 0.528. The maximum absolute atomic E-state index is 12.3. The smallest absolute Gasteiger partial charge is 0.339 e. The number of benzene rings is 1. The van der Waals surface area contributed by atoms with E-state index in [0.29, 0.717) is 24.5 Å². The van der Waals surface area contributed by atoms with E-state index in [0.717, 1.165) is 12.8 Å². The normalized spacial score (nSPS) is 10.4. The average molecular weight is 331 g/mol. The maximum atomic E-state index is 12.3. The Kier molecular flexibility index (Phi) is 6.01. The van der Waals surface area contributed by atoms with Crippen molar-refractivity contribution in [3.05, 3.63) is 47.4 Å². The van der Waals surface area contributed by atoms with Crippen LogP contribution < -0.4 is 10.1 Å². The van der Waals surface area contributed by atoms with Crippen LogP contribution in [0.15, 0.2) is 34.7 Å². The largest absolute Gasteiger partial charge is 0.491 e. The number of carbonyl (C=O) groups excluding carboxylic acids is 1. The Bertz CT molecular complexity index is 720. The number of unbranched alkanes of at least 4 members (excludes halogenated alkanes) is 1. The van der Waals surface area contributed by atoms with Gasteiger partial charge in [0.15, 0.2) is 5.76 Å². The molecule has 1 amide bonds. The van der Waals surface area contributed by atoms with Gasteiger partial charge in [-0.25, -0.2) is 4.79 Å². The second kappa shape index (κ2) is 8.19. The van der Waals surface area contributed by atoms with E-state index < -0.39 is 11.9 Å². The Morgan fingerprint density at radius 1 is 1.25 bits per heavy atom. The van der Waals surface area contributed by atoms with Gasteiger partial charge in [0.2, 0.25) is 0 Å². The number of nitrogens with one attached hydrogen (secondary N) is 1. The minimum Gasteiger partial charge on any atom is -0.491 e. The third-order valence-electron chi connectivity index (χ3n) is 3.48. The molecule has 1 heterocycles. The number of furan rings is 1. The minimum atomic E-state index is -1.11. The number of carboxylic acids is 1. The number of hydrogen-bond donors (Lipinski definition) is 2. The van der Waals surface area contributed by atoms with Gasteiger partial charge < -0.3 is 19.6 Å². The molecule has 2 aromatic rings. The molecule has 6 heteroatoms. The van der Waals surface area contributed by atoms with Crippen LogP contribution in [-0.4, -0.2) is 23.6 Å². The number of carbonyl (C=O) groups is 2. The molecule has 0 fully saturated rings. The van der Waals surface area contributed by atoms with Crippen molar-refractivity contribution >= 4 is 17.6 Å². The second-order valence-corrected chi connectivity index (χ2v) is 5.26. The molecule has 1 aromatic carbocycles. The number of hydrogen-bond acceptors (Lipinski definition) is 4. The van der Waals surface area contributed by atoms with E-state index >= 15 is 0 Å². The summed E-state index contributed by atoms with van der Waals surface area (Å²) >= 11 is 0. The van der Waals surface area contributed by atoms with Crippen LogP contribution in [0, 0.1) is 0 Å². The minimum absolute atomic E-state index is 0.00938. The highest BCUT2D eigenvalue weighted by molar-refractivity contribution is 6.04. The van der Waals surface area contributed by atoms with Crippen LogP contribution in [0.25, 0.3) is 0 Å². The van der Waals surface area contributed by atoms with Crippen LogP contribution in [0.1, 0.15) is 53.4 Å². The molecular weight excluding hydrogens is 310 g/mol. The van der Waals surface area contributed by atoms with Gasteiger partial charge in [-0.05, 0) is 18.6 Å². The van der Waals surface area contributed by atoms with Crippen LogP contribution in [0.5, 0.6) is 5.75 Å². The average Bonchev–Trinajstić information content (AvgIpc) is 3.01. The maximum Gasteiger partial charge on any atom is 0.339 e.